The summed E-state index contributed by atoms with van der Waals surface area (Å²) >= 11 is 1.34. The van der Waals surface area contributed by atoms with Crippen molar-refractivity contribution in [2.24, 2.45) is 16.6 Å². The summed E-state index contributed by atoms with van der Waals surface area (Å²) in [5.74, 6) is -0.387. The number of rotatable bonds is 3. The van der Waals surface area contributed by atoms with Crippen LogP contribution in [0.5, 0.6) is 0 Å². The Morgan fingerprint density at radius 1 is 1.48 bits per heavy atom. The number of carbonyl (C=O) groups excluding carboxylic acids is 1. The van der Waals surface area contributed by atoms with Crippen LogP contribution >= 0.6 is 11.8 Å². The number of amides is 1. The van der Waals surface area contributed by atoms with Gasteiger partial charge in [0.2, 0.25) is 0 Å². The summed E-state index contributed by atoms with van der Waals surface area (Å²) in [4.78, 5) is 20.2. The number of aromatic nitrogens is 1. The third-order valence-corrected chi connectivity index (χ3v) is 6.05. The lowest BCUT2D eigenvalue weighted by atomic mass is 9.90. The molecule has 0 bridgehead atoms. The lowest BCUT2D eigenvalue weighted by Crippen LogP contribution is -2.54. The molecular weight excluding hydrogens is 314 g/mol. The molecule has 5 atom stereocenters. The summed E-state index contributed by atoms with van der Waals surface area (Å²) in [7, 11) is 0. The number of aliphatic hydroxyl groups is 1. The zero-order valence-corrected chi connectivity index (χ0v) is 14.0. The first-order chi connectivity index (χ1) is 10.9. The molecule has 1 saturated heterocycles. The number of hydrogen-bond donors (Lipinski definition) is 2. The van der Waals surface area contributed by atoms with Crippen LogP contribution in [0.25, 0.3) is 0 Å². The molecule has 0 spiro atoms. The van der Waals surface area contributed by atoms with Gasteiger partial charge >= 0.3 is 0 Å². The minimum Gasteiger partial charge on any atom is -0.374 e. The lowest BCUT2D eigenvalue weighted by Gasteiger charge is -2.38. The SMILES string of the molecule is CC1CCC(C2SC(c3cccnc3)=NC2(O)C(N)=O)OC1C. The largest absolute Gasteiger partial charge is 0.374 e. The molecule has 1 fully saturated rings. The van der Waals surface area contributed by atoms with Gasteiger partial charge in [-0.15, -0.1) is 0 Å². The fourth-order valence-corrected chi connectivity index (χ4v) is 4.34. The van der Waals surface area contributed by atoms with Gasteiger partial charge in [0.05, 0.1) is 17.5 Å². The number of pyridine rings is 1. The normalized spacial score (nSPS) is 37.4. The van der Waals surface area contributed by atoms with E-state index >= 15 is 0 Å². The van der Waals surface area contributed by atoms with Gasteiger partial charge in [-0.3, -0.25) is 9.78 Å². The molecular formula is C16H21N3O3S. The summed E-state index contributed by atoms with van der Waals surface area (Å²) in [6.07, 6.45) is 4.89. The van der Waals surface area contributed by atoms with Crippen molar-refractivity contribution in [3.8, 4) is 0 Å². The molecule has 3 heterocycles. The van der Waals surface area contributed by atoms with Crippen LogP contribution in [0, 0.1) is 5.92 Å². The average Bonchev–Trinajstić information content (AvgIpc) is 2.90. The average molecular weight is 335 g/mol. The quantitative estimate of drug-likeness (QED) is 0.868. The molecule has 124 valence electrons. The first kappa shape index (κ1) is 16.4. The predicted molar refractivity (Wildman–Crippen MR) is 89.0 cm³/mol. The molecule has 6 nitrogen and oxygen atoms in total. The van der Waals surface area contributed by atoms with Crippen molar-refractivity contribution in [1.29, 1.82) is 0 Å². The van der Waals surface area contributed by atoms with Gasteiger partial charge in [0.15, 0.2) is 0 Å². The van der Waals surface area contributed by atoms with Crippen LogP contribution < -0.4 is 5.73 Å². The van der Waals surface area contributed by atoms with E-state index in [1.54, 1.807) is 18.5 Å². The van der Waals surface area contributed by atoms with Crippen molar-refractivity contribution in [3.05, 3.63) is 30.1 Å². The van der Waals surface area contributed by atoms with Crippen LogP contribution in [0.1, 0.15) is 32.3 Å². The van der Waals surface area contributed by atoms with Crippen molar-refractivity contribution in [1.82, 2.24) is 4.98 Å². The van der Waals surface area contributed by atoms with Crippen LogP contribution in [0.2, 0.25) is 0 Å². The van der Waals surface area contributed by atoms with E-state index < -0.39 is 16.9 Å². The number of nitrogens with zero attached hydrogens (tertiary/aromatic N) is 2. The summed E-state index contributed by atoms with van der Waals surface area (Å²) in [5.41, 5.74) is 4.27. The highest BCUT2D eigenvalue weighted by atomic mass is 32.2. The van der Waals surface area contributed by atoms with Crippen LogP contribution in [0.15, 0.2) is 29.5 Å². The van der Waals surface area contributed by atoms with Crippen LogP contribution in [-0.4, -0.2) is 44.2 Å². The molecule has 1 aromatic rings. The zero-order valence-electron chi connectivity index (χ0n) is 13.2. The van der Waals surface area contributed by atoms with E-state index in [4.69, 9.17) is 10.5 Å². The second kappa shape index (κ2) is 6.22. The van der Waals surface area contributed by atoms with E-state index in [0.717, 1.165) is 18.4 Å². The Bertz CT molecular complexity index is 624. The van der Waals surface area contributed by atoms with E-state index in [2.05, 4.69) is 16.9 Å². The molecule has 1 amide bonds. The van der Waals surface area contributed by atoms with Gasteiger partial charge in [-0.2, -0.15) is 0 Å². The second-order valence-electron chi connectivity index (χ2n) is 6.22. The van der Waals surface area contributed by atoms with Crippen LogP contribution in [-0.2, 0) is 9.53 Å². The number of primary amides is 1. The minimum atomic E-state index is -1.94. The highest BCUT2D eigenvalue weighted by molar-refractivity contribution is 8.15. The summed E-state index contributed by atoms with van der Waals surface area (Å²) < 4.78 is 6.03. The van der Waals surface area contributed by atoms with E-state index in [0.29, 0.717) is 11.0 Å². The van der Waals surface area contributed by atoms with Gasteiger partial charge < -0.3 is 15.6 Å². The van der Waals surface area contributed by atoms with Gasteiger partial charge in [0.1, 0.15) is 5.04 Å². The topological polar surface area (TPSA) is 97.8 Å². The first-order valence-electron chi connectivity index (χ1n) is 7.76. The highest BCUT2D eigenvalue weighted by Crippen LogP contribution is 2.42. The van der Waals surface area contributed by atoms with Crippen molar-refractivity contribution < 1.29 is 14.6 Å². The number of aliphatic imine (C=N–C) groups is 1. The first-order valence-corrected chi connectivity index (χ1v) is 8.64. The Morgan fingerprint density at radius 3 is 2.87 bits per heavy atom. The molecule has 5 unspecified atom stereocenters. The highest BCUT2D eigenvalue weighted by Gasteiger charge is 2.53. The Kier molecular flexibility index (Phi) is 4.44. The molecule has 7 heteroatoms. The number of hydrogen-bond acceptors (Lipinski definition) is 6. The number of ether oxygens (including phenoxy) is 1. The maximum Gasteiger partial charge on any atom is 0.273 e. The van der Waals surface area contributed by atoms with Crippen molar-refractivity contribution >= 4 is 22.7 Å². The molecule has 2 aliphatic heterocycles. The molecule has 23 heavy (non-hydrogen) atoms. The Balaban J connectivity index is 1.88. The maximum atomic E-state index is 11.9. The third kappa shape index (κ3) is 3.00. The molecule has 0 radical (unpaired) electrons. The second-order valence-corrected chi connectivity index (χ2v) is 7.35. The Morgan fingerprint density at radius 2 is 2.26 bits per heavy atom. The predicted octanol–water partition coefficient (Wildman–Crippen LogP) is 1.32. The van der Waals surface area contributed by atoms with Gasteiger partial charge in [0, 0.05) is 18.0 Å². The third-order valence-electron chi connectivity index (χ3n) is 4.61. The summed E-state index contributed by atoms with van der Waals surface area (Å²) in [6, 6.07) is 3.63. The van der Waals surface area contributed by atoms with Gasteiger partial charge in [-0.05, 0) is 37.8 Å². The molecule has 0 saturated carbocycles. The number of thioether (sulfide) groups is 1. The molecule has 0 aliphatic carbocycles. The standard InChI is InChI=1S/C16H21N3O3S/c1-9-5-6-12(22-10(9)2)13-16(21,15(17)20)19-14(23-13)11-4-3-7-18-8-11/h3-4,7-10,12-13,21H,5-6H2,1-2H3,(H2,17,20). The van der Waals surface area contributed by atoms with Crippen LogP contribution in [0.3, 0.4) is 0 Å². The monoisotopic (exact) mass is 335 g/mol. The van der Waals surface area contributed by atoms with Crippen molar-refractivity contribution in [2.75, 3.05) is 0 Å². The smallest absolute Gasteiger partial charge is 0.273 e. The van der Waals surface area contributed by atoms with E-state index in [9.17, 15) is 9.90 Å². The fourth-order valence-electron chi connectivity index (χ4n) is 2.96. The van der Waals surface area contributed by atoms with Crippen LogP contribution in [0.4, 0.5) is 0 Å². The molecule has 3 N–H and O–H groups in total. The molecule has 0 aromatic carbocycles. The summed E-state index contributed by atoms with van der Waals surface area (Å²) in [6.45, 7) is 4.16. The molecule has 2 aliphatic rings. The van der Waals surface area contributed by atoms with E-state index in [-0.39, 0.29) is 12.2 Å². The number of carbonyl (C=O) groups is 1. The van der Waals surface area contributed by atoms with Gasteiger partial charge in [0.25, 0.3) is 11.6 Å². The minimum absolute atomic E-state index is 0.0777. The zero-order chi connectivity index (χ0) is 16.6. The Labute approximate surface area is 139 Å². The molecule has 1 aromatic heterocycles. The number of nitrogens with two attached hydrogens (primary N) is 1. The maximum absolute atomic E-state index is 11.9. The van der Waals surface area contributed by atoms with E-state index in [1.807, 2.05) is 13.0 Å². The Hall–Kier alpha value is -1.44. The fraction of sp³-hybridized carbons (Fsp3) is 0.562. The van der Waals surface area contributed by atoms with E-state index in [1.165, 1.54) is 11.8 Å². The summed E-state index contributed by atoms with van der Waals surface area (Å²) in [5, 5.41) is 10.8. The van der Waals surface area contributed by atoms with Gasteiger partial charge in [-0.1, -0.05) is 18.7 Å². The van der Waals surface area contributed by atoms with Crippen molar-refractivity contribution in [3.63, 3.8) is 0 Å². The van der Waals surface area contributed by atoms with Crippen molar-refractivity contribution in [2.45, 2.75) is 49.9 Å². The van der Waals surface area contributed by atoms with Gasteiger partial charge in [-0.25, -0.2) is 4.99 Å². The molecule has 3 rings (SSSR count). The lowest BCUT2D eigenvalue weighted by molar-refractivity contribution is -0.143.